The Morgan fingerprint density at radius 2 is 2.00 bits per heavy atom. The number of hydrogen-bond donors (Lipinski definition) is 2. The first-order valence-electron chi connectivity index (χ1n) is 6.59. The lowest BCUT2D eigenvalue weighted by Gasteiger charge is -2.11. The number of nitrogens with one attached hydrogen (secondary N) is 1. The number of sulfonamides is 1. The van der Waals surface area contributed by atoms with Crippen LogP contribution in [0.4, 0.5) is 0 Å². The van der Waals surface area contributed by atoms with Crippen LogP contribution >= 0.6 is 23.2 Å². The lowest BCUT2D eigenvalue weighted by atomic mass is 10.2. The van der Waals surface area contributed by atoms with Crippen molar-refractivity contribution in [3.05, 3.63) is 27.7 Å². The van der Waals surface area contributed by atoms with Crippen LogP contribution in [-0.4, -0.2) is 33.3 Å². The minimum Gasteiger partial charge on any atom is -0.392 e. The smallest absolute Gasteiger partial charge is 0.242 e. The second kappa shape index (κ2) is 8.92. The second-order valence-corrected chi connectivity index (χ2v) is 6.88. The minimum absolute atomic E-state index is 0.0654. The topological polar surface area (TPSA) is 75.6 Å². The van der Waals surface area contributed by atoms with E-state index in [-0.39, 0.29) is 33.7 Å². The molecule has 21 heavy (non-hydrogen) atoms. The van der Waals surface area contributed by atoms with E-state index in [1.165, 1.54) is 12.1 Å². The summed E-state index contributed by atoms with van der Waals surface area (Å²) in [6.07, 6.45) is 1.96. The van der Waals surface area contributed by atoms with Crippen molar-refractivity contribution < 1.29 is 18.3 Å². The van der Waals surface area contributed by atoms with Crippen LogP contribution in [0.25, 0.3) is 0 Å². The minimum atomic E-state index is -3.76. The summed E-state index contributed by atoms with van der Waals surface area (Å²) in [6, 6.07) is 2.70. The third-order valence-electron chi connectivity index (χ3n) is 2.78. The lowest BCUT2D eigenvalue weighted by molar-refractivity contribution is 0.136. The van der Waals surface area contributed by atoms with Crippen molar-refractivity contribution in [2.75, 3.05) is 19.8 Å². The zero-order chi connectivity index (χ0) is 15.9. The van der Waals surface area contributed by atoms with Gasteiger partial charge in [0.15, 0.2) is 0 Å². The standard InChI is InChI=1S/C13H19Cl2NO4S/c1-2-3-7-20-8-6-16-21(18,19)12-5-4-11(14)10(9-17)13(12)15/h4-5,16-17H,2-3,6-9H2,1H3. The quantitative estimate of drug-likeness (QED) is 0.667. The van der Waals surface area contributed by atoms with Crippen LogP contribution in [0.1, 0.15) is 25.3 Å². The predicted molar refractivity (Wildman–Crippen MR) is 83.3 cm³/mol. The van der Waals surface area contributed by atoms with E-state index in [0.29, 0.717) is 6.61 Å². The fourth-order valence-electron chi connectivity index (χ4n) is 1.60. The number of benzene rings is 1. The summed E-state index contributed by atoms with van der Waals surface area (Å²) in [5.74, 6) is 0. The maximum absolute atomic E-state index is 12.1. The van der Waals surface area contributed by atoms with Crippen LogP contribution in [0.5, 0.6) is 0 Å². The third-order valence-corrected chi connectivity index (χ3v) is 5.18. The molecular formula is C13H19Cl2NO4S. The van der Waals surface area contributed by atoms with Crippen molar-refractivity contribution in [1.29, 1.82) is 0 Å². The number of aliphatic hydroxyl groups is 1. The summed E-state index contributed by atoms with van der Waals surface area (Å²) in [5.41, 5.74) is 0.195. The Morgan fingerprint density at radius 1 is 1.29 bits per heavy atom. The van der Waals surface area contributed by atoms with E-state index in [0.717, 1.165) is 12.8 Å². The van der Waals surface area contributed by atoms with Gasteiger partial charge in [-0.3, -0.25) is 0 Å². The zero-order valence-electron chi connectivity index (χ0n) is 11.7. The molecule has 0 spiro atoms. The van der Waals surface area contributed by atoms with Gasteiger partial charge in [0.1, 0.15) is 4.90 Å². The molecule has 0 aromatic heterocycles. The van der Waals surface area contributed by atoms with Crippen molar-refractivity contribution in [1.82, 2.24) is 4.72 Å². The molecule has 1 aromatic carbocycles. The van der Waals surface area contributed by atoms with Crippen LogP contribution in [0, 0.1) is 0 Å². The van der Waals surface area contributed by atoms with E-state index in [9.17, 15) is 13.5 Å². The lowest BCUT2D eigenvalue weighted by Crippen LogP contribution is -2.28. The highest BCUT2D eigenvalue weighted by atomic mass is 35.5. The van der Waals surface area contributed by atoms with Crippen molar-refractivity contribution >= 4 is 33.2 Å². The van der Waals surface area contributed by atoms with Crippen molar-refractivity contribution in [2.45, 2.75) is 31.3 Å². The molecule has 0 aliphatic heterocycles. The van der Waals surface area contributed by atoms with Gasteiger partial charge in [-0.25, -0.2) is 13.1 Å². The number of unbranched alkanes of at least 4 members (excludes halogenated alkanes) is 1. The van der Waals surface area contributed by atoms with E-state index < -0.39 is 16.6 Å². The molecule has 0 radical (unpaired) electrons. The number of rotatable bonds is 9. The Bertz CT molecular complexity index is 564. The van der Waals surface area contributed by atoms with Gasteiger partial charge in [-0.15, -0.1) is 0 Å². The average molecular weight is 356 g/mol. The van der Waals surface area contributed by atoms with Crippen molar-refractivity contribution in [3.63, 3.8) is 0 Å². The first-order chi connectivity index (χ1) is 9.94. The molecule has 0 unspecified atom stereocenters. The van der Waals surface area contributed by atoms with Gasteiger partial charge in [0, 0.05) is 23.7 Å². The molecule has 1 rings (SSSR count). The van der Waals surface area contributed by atoms with Crippen LogP contribution < -0.4 is 4.72 Å². The number of halogens is 2. The third kappa shape index (κ3) is 5.39. The summed E-state index contributed by atoms with van der Waals surface area (Å²) in [6.45, 7) is 2.67. The van der Waals surface area contributed by atoms with Gasteiger partial charge in [-0.1, -0.05) is 36.5 Å². The van der Waals surface area contributed by atoms with Gasteiger partial charge in [0.2, 0.25) is 10.0 Å². The van der Waals surface area contributed by atoms with Crippen molar-refractivity contribution in [2.24, 2.45) is 0 Å². The second-order valence-electron chi connectivity index (χ2n) is 4.36. The Labute approximate surface area is 135 Å². The molecule has 120 valence electrons. The van der Waals surface area contributed by atoms with E-state index in [4.69, 9.17) is 27.9 Å². The van der Waals surface area contributed by atoms with Gasteiger partial charge < -0.3 is 9.84 Å². The fourth-order valence-corrected chi connectivity index (χ4v) is 3.51. The van der Waals surface area contributed by atoms with Gasteiger partial charge in [0.05, 0.1) is 18.2 Å². The maximum Gasteiger partial charge on any atom is 0.242 e. The van der Waals surface area contributed by atoms with Gasteiger partial charge in [-0.2, -0.15) is 0 Å². The first kappa shape index (κ1) is 18.7. The molecule has 0 fully saturated rings. The molecule has 1 aromatic rings. The molecular weight excluding hydrogens is 337 g/mol. The molecule has 0 aliphatic rings. The molecule has 2 N–H and O–H groups in total. The Hall–Kier alpha value is -0.370. The average Bonchev–Trinajstić information content (AvgIpc) is 2.43. The fraction of sp³-hybridized carbons (Fsp3) is 0.538. The maximum atomic E-state index is 12.1. The van der Waals surface area contributed by atoms with Crippen molar-refractivity contribution in [3.8, 4) is 0 Å². The predicted octanol–water partition coefficient (Wildman–Crippen LogP) is 2.58. The Morgan fingerprint density at radius 3 is 2.62 bits per heavy atom. The monoisotopic (exact) mass is 355 g/mol. The molecule has 0 saturated carbocycles. The summed E-state index contributed by atoms with van der Waals surface area (Å²) in [7, 11) is -3.76. The normalized spacial score (nSPS) is 11.8. The van der Waals surface area contributed by atoms with Crippen LogP contribution in [-0.2, 0) is 21.4 Å². The van der Waals surface area contributed by atoms with E-state index in [2.05, 4.69) is 4.72 Å². The Balaban J connectivity index is 2.71. The van der Waals surface area contributed by atoms with Gasteiger partial charge >= 0.3 is 0 Å². The van der Waals surface area contributed by atoms with E-state index in [1.54, 1.807) is 0 Å². The summed E-state index contributed by atoms with van der Waals surface area (Å²) >= 11 is 11.8. The number of ether oxygens (including phenoxy) is 1. The van der Waals surface area contributed by atoms with Crippen LogP contribution in [0.15, 0.2) is 17.0 Å². The molecule has 0 heterocycles. The molecule has 0 saturated heterocycles. The SMILES string of the molecule is CCCCOCCNS(=O)(=O)c1ccc(Cl)c(CO)c1Cl. The summed E-state index contributed by atoms with van der Waals surface area (Å²) in [4.78, 5) is -0.105. The summed E-state index contributed by atoms with van der Waals surface area (Å²) < 4.78 is 32.0. The highest BCUT2D eigenvalue weighted by Gasteiger charge is 2.20. The molecule has 0 aliphatic carbocycles. The van der Waals surface area contributed by atoms with Crippen LogP contribution in [0.3, 0.4) is 0 Å². The highest BCUT2D eigenvalue weighted by molar-refractivity contribution is 7.89. The van der Waals surface area contributed by atoms with Gasteiger partial charge in [-0.05, 0) is 18.6 Å². The largest absolute Gasteiger partial charge is 0.392 e. The molecule has 0 atom stereocenters. The Kier molecular flexibility index (Phi) is 7.94. The zero-order valence-corrected chi connectivity index (χ0v) is 14.1. The molecule has 0 amide bonds. The molecule has 5 nitrogen and oxygen atoms in total. The number of hydrogen-bond acceptors (Lipinski definition) is 4. The highest BCUT2D eigenvalue weighted by Crippen LogP contribution is 2.30. The number of aliphatic hydroxyl groups excluding tert-OH is 1. The molecule has 8 heteroatoms. The van der Waals surface area contributed by atoms with Crippen LogP contribution in [0.2, 0.25) is 10.0 Å². The van der Waals surface area contributed by atoms with E-state index >= 15 is 0 Å². The van der Waals surface area contributed by atoms with E-state index in [1.807, 2.05) is 6.92 Å². The summed E-state index contributed by atoms with van der Waals surface area (Å²) in [5, 5.41) is 9.34. The van der Waals surface area contributed by atoms with Gasteiger partial charge in [0.25, 0.3) is 0 Å². The molecule has 0 bridgehead atoms. The first-order valence-corrected chi connectivity index (χ1v) is 8.83.